The van der Waals surface area contributed by atoms with Crippen molar-refractivity contribution in [1.82, 2.24) is 0 Å². The summed E-state index contributed by atoms with van der Waals surface area (Å²) in [6, 6.07) is 5.27. The smallest absolute Gasteiger partial charge is 0.731 e. The molecule has 0 bridgehead atoms. The minimum Gasteiger partial charge on any atom is -0.731 e. The van der Waals surface area contributed by atoms with Crippen LogP contribution in [0.1, 0.15) is 19.4 Å². The first-order valence-electron chi connectivity index (χ1n) is 5.46. The van der Waals surface area contributed by atoms with Crippen molar-refractivity contribution in [2.45, 2.75) is 20.8 Å². The Balaban J connectivity index is 0.00000289. The molecule has 5 nitrogen and oxygen atoms in total. The van der Waals surface area contributed by atoms with E-state index in [1.165, 1.54) is 0 Å². The van der Waals surface area contributed by atoms with Crippen molar-refractivity contribution in [1.29, 1.82) is 0 Å². The first-order chi connectivity index (χ1) is 7.87. The molecule has 0 aromatic heterocycles. The van der Waals surface area contributed by atoms with Crippen LogP contribution in [0, 0.1) is 6.92 Å². The molecular formula is C11H17N2NaO3S. The molecule has 96 valence electrons. The molecular weight excluding hydrogens is 263 g/mol. The molecule has 18 heavy (non-hydrogen) atoms. The molecule has 0 fully saturated rings. The van der Waals surface area contributed by atoms with E-state index in [0.717, 1.165) is 24.3 Å². The van der Waals surface area contributed by atoms with E-state index < -0.39 is 10.3 Å². The number of nitrogens with one attached hydrogen (secondary N) is 1. The summed E-state index contributed by atoms with van der Waals surface area (Å²) in [5.74, 6) is 0. The van der Waals surface area contributed by atoms with Crippen molar-refractivity contribution in [2.24, 2.45) is 0 Å². The molecule has 0 amide bonds. The van der Waals surface area contributed by atoms with Crippen LogP contribution in [0.2, 0.25) is 0 Å². The minimum atomic E-state index is -4.46. The fourth-order valence-electron chi connectivity index (χ4n) is 1.68. The van der Waals surface area contributed by atoms with Crippen LogP contribution >= 0.6 is 0 Å². The number of hydrogen-bond acceptors (Lipinski definition) is 4. The van der Waals surface area contributed by atoms with Gasteiger partial charge in [-0.15, -0.1) is 0 Å². The number of aryl methyl sites for hydroxylation is 1. The van der Waals surface area contributed by atoms with E-state index in [-0.39, 0.29) is 29.6 Å². The molecule has 0 aliphatic rings. The zero-order valence-corrected chi connectivity index (χ0v) is 14.0. The Morgan fingerprint density at radius 1 is 1.28 bits per heavy atom. The molecule has 1 rings (SSSR count). The van der Waals surface area contributed by atoms with Crippen molar-refractivity contribution in [2.75, 3.05) is 22.7 Å². The maximum atomic E-state index is 10.6. The Labute approximate surface area is 131 Å². The monoisotopic (exact) mass is 280 g/mol. The summed E-state index contributed by atoms with van der Waals surface area (Å²) < 4.78 is 33.8. The fraction of sp³-hybridized carbons (Fsp3) is 0.455. The maximum Gasteiger partial charge on any atom is 1.00 e. The Bertz CT molecular complexity index is 487. The third kappa shape index (κ3) is 5.16. The van der Waals surface area contributed by atoms with Gasteiger partial charge in [-0.2, -0.15) is 0 Å². The van der Waals surface area contributed by atoms with Gasteiger partial charge in [-0.3, -0.25) is 4.72 Å². The van der Waals surface area contributed by atoms with Gasteiger partial charge in [0.2, 0.25) is 0 Å². The molecule has 1 aromatic rings. The average molecular weight is 280 g/mol. The van der Waals surface area contributed by atoms with E-state index >= 15 is 0 Å². The van der Waals surface area contributed by atoms with Crippen LogP contribution in [-0.2, 0) is 10.3 Å². The maximum absolute atomic E-state index is 10.6. The van der Waals surface area contributed by atoms with Crippen LogP contribution in [0.15, 0.2) is 18.2 Å². The third-order valence-electron chi connectivity index (χ3n) is 2.57. The molecule has 0 aliphatic heterocycles. The molecule has 1 aromatic carbocycles. The summed E-state index contributed by atoms with van der Waals surface area (Å²) in [6.07, 6.45) is 0. The zero-order valence-electron chi connectivity index (χ0n) is 11.2. The predicted molar refractivity (Wildman–Crippen MR) is 68.1 cm³/mol. The van der Waals surface area contributed by atoms with Gasteiger partial charge in [0.1, 0.15) is 0 Å². The summed E-state index contributed by atoms with van der Waals surface area (Å²) in [5, 5.41) is 0. The topological polar surface area (TPSA) is 72.5 Å². The molecule has 0 saturated heterocycles. The normalized spacial score (nSPS) is 10.7. The Hall–Kier alpha value is -0.270. The Morgan fingerprint density at radius 2 is 1.83 bits per heavy atom. The van der Waals surface area contributed by atoms with Gasteiger partial charge in [-0.05, 0) is 44.5 Å². The molecule has 1 N–H and O–H groups in total. The van der Waals surface area contributed by atoms with Crippen LogP contribution in [0.25, 0.3) is 0 Å². The van der Waals surface area contributed by atoms with Crippen LogP contribution in [0.5, 0.6) is 0 Å². The van der Waals surface area contributed by atoms with E-state index in [9.17, 15) is 13.0 Å². The van der Waals surface area contributed by atoms with E-state index in [2.05, 4.69) is 4.90 Å². The fourth-order valence-corrected chi connectivity index (χ4v) is 2.18. The summed E-state index contributed by atoms with van der Waals surface area (Å²) in [6.45, 7) is 7.62. The number of anilines is 2. The second-order valence-electron chi connectivity index (χ2n) is 3.73. The van der Waals surface area contributed by atoms with Gasteiger partial charge in [0.05, 0.1) is 5.69 Å². The van der Waals surface area contributed by atoms with Crippen LogP contribution in [0.4, 0.5) is 11.4 Å². The van der Waals surface area contributed by atoms with Gasteiger partial charge in [-0.25, -0.2) is 8.42 Å². The summed E-state index contributed by atoms with van der Waals surface area (Å²) in [7, 11) is -4.46. The van der Waals surface area contributed by atoms with Crippen molar-refractivity contribution in [3.8, 4) is 0 Å². The van der Waals surface area contributed by atoms with Crippen LogP contribution < -0.4 is 39.2 Å². The van der Waals surface area contributed by atoms with Crippen molar-refractivity contribution >= 4 is 21.7 Å². The molecule has 7 heteroatoms. The molecule has 0 aliphatic carbocycles. The number of benzene rings is 1. The van der Waals surface area contributed by atoms with Crippen molar-refractivity contribution in [3.05, 3.63) is 23.8 Å². The van der Waals surface area contributed by atoms with Crippen molar-refractivity contribution in [3.63, 3.8) is 0 Å². The van der Waals surface area contributed by atoms with E-state index in [1.54, 1.807) is 19.1 Å². The quantitative estimate of drug-likeness (QED) is 0.538. The second kappa shape index (κ2) is 7.35. The van der Waals surface area contributed by atoms with Gasteiger partial charge in [0, 0.05) is 18.8 Å². The largest absolute Gasteiger partial charge is 1.00 e. The predicted octanol–water partition coefficient (Wildman–Crippen LogP) is -1.28. The van der Waals surface area contributed by atoms with Gasteiger partial charge >= 0.3 is 29.6 Å². The van der Waals surface area contributed by atoms with Gasteiger partial charge in [0.15, 0.2) is 10.3 Å². The van der Waals surface area contributed by atoms with Crippen LogP contribution in [-0.4, -0.2) is 26.1 Å². The zero-order chi connectivity index (χ0) is 13.1. The number of rotatable bonds is 5. The molecule has 0 spiro atoms. The number of nitrogens with zero attached hydrogens (tertiary/aromatic N) is 1. The molecule has 0 heterocycles. The Morgan fingerprint density at radius 3 is 2.22 bits per heavy atom. The van der Waals surface area contributed by atoms with E-state index in [0.29, 0.717) is 5.69 Å². The second-order valence-corrected chi connectivity index (χ2v) is 4.84. The Kier molecular flexibility index (Phi) is 7.24. The standard InChI is InChI=1S/C11H18N2O3S.Na/c1-4-13(5-2)10-6-7-11(9(3)8-10)12-17(14,15)16;/h6-8,12H,4-5H2,1-3H3,(H,14,15,16);/q;+1/p-1. The molecule has 0 radical (unpaired) electrons. The van der Waals surface area contributed by atoms with Crippen molar-refractivity contribution < 1.29 is 42.5 Å². The summed E-state index contributed by atoms with van der Waals surface area (Å²) >= 11 is 0. The number of hydrogen-bond donors (Lipinski definition) is 1. The average Bonchev–Trinajstić information content (AvgIpc) is 2.22. The molecule has 0 saturated carbocycles. The van der Waals surface area contributed by atoms with Gasteiger partial charge in [-0.1, -0.05) is 0 Å². The van der Waals surface area contributed by atoms with E-state index in [4.69, 9.17) is 0 Å². The third-order valence-corrected chi connectivity index (χ3v) is 3.04. The van der Waals surface area contributed by atoms with Gasteiger partial charge < -0.3 is 9.45 Å². The first-order valence-corrected chi connectivity index (χ1v) is 6.87. The van der Waals surface area contributed by atoms with Crippen LogP contribution in [0.3, 0.4) is 0 Å². The minimum absolute atomic E-state index is 0. The molecule has 0 unspecified atom stereocenters. The SMILES string of the molecule is CCN(CC)c1ccc(NS(=O)(=O)[O-])c(C)c1.[Na+]. The molecule has 0 atom stereocenters. The first kappa shape index (κ1) is 17.7. The van der Waals surface area contributed by atoms with Gasteiger partial charge in [0.25, 0.3) is 0 Å². The summed E-state index contributed by atoms with van der Waals surface area (Å²) in [5.41, 5.74) is 2.08. The van der Waals surface area contributed by atoms with E-state index in [1.807, 2.05) is 24.6 Å². The summed E-state index contributed by atoms with van der Waals surface area (Å²) in [4.78, 5) is 2.14.